The van der Waals surface area contributed by atoms with E-state index in [0.717, 1.165) is 24.2 Å². The second-order valence-electron chi connectivity index (χ2n) is 5.60. The Morgan fingerprint density at radius 2 is 1.79 bits per heavy atom. The molecule has 1 aliphatic heterocycles. The monoisotopic (exact) mass is 345 g/mol. The number of urea groups is 1. The molecule has 0 unspecified atom stereocenters. The molecule has 8 heteroatoms. The molecule has 0 aliphatic carbocycles. The van der Waals surface area contributed by atoms with Gasteiger partial charge in [0.25, 0.3) is 0 Å². The van der Waals surface area contributed by atoms with Crippen molar-refractivity contribution in [2.45, 2.75) is 12.6 Å². The molecular weight excluding hydrogens is 323 g/mol. The summed E-state index contributed by atoms with van der Waals surface area (Å²) in [7, 11) is 1.61. The van der Waals surface area contributed by atoms with Gasteiger partial charge in [-0.1, -0.05) is 0 Å². The SMILES string of the molecule is COCCCNC(=O)N1CCN(c2ccc(C(F)(F)F)cc2)CC1. The van der Waals surface area contributed by atoms with Crippen molar-refractivity contribution in [3.05, 3.63) is 29.8 Å². The summed E-state index contributed by atoms with van der Waals surface area (Å²) in [6, 6.07) is 5.01. The number of halogens is 3. The van der Waals surface area contributed by atoms with Crippen LogP contribution in [0.3, 0.4) is 0 Å². The minimum absolute atomic E-state index is 0.113. The van der Waals surface area contributed by atoms with Crippen molar-refractivity contribution in [1.82, 2.24) is 10.2 Å². The lowest BCUT2D eigenvalue weighted by molar-refractivity contribution is -0.137. The van der Waals surface area contributed by atoms with Crippen LogP contribution < -0.4 is 10.2 Å². The molecule has 1 fully saturated rings. The number of amides is 2. The van der Waals surface area contributed by atoms with Crippen molar-refractivity contribution in [3.63, 3.8) is 0 Å². The lowest BCUT2D eigenvalue weighted by Gasteiger charge is -2.36. The van der Waals surface area contributed by atoms with Crippen molar-refractivity contribution in [3.8, 4) is 0 Å². The van der Waals surface area contributed by atoms with Crippen molar-refractivity contribution in [1.29, 1.82) is 0 Å². The number of nitrogens with one attached hydrogen (secondary N) is 1. The van der Waals surface area contributed by atoms with E-state index in [1.807, 2.05) is 4.90 Å². The summed E-state index contributed by atoms with van der Waals surface area (Å²) >= 11 is 0. The van der Waals surface area contributed by atoms with Gasteiger partial charge in [0.1, 0.15) is 0 Å². The molecule has 2 rings (SSSR count). The lowest BCUT2D eigenvalue weighted by Crippen LogP contribution is -2.52. The summed E-state index contributed by atoms with van der Waals surface area (Å²) in [6.45, 7) is 3.43. The lowest BCUT2D eigenvalue weighted by atomic mass is 10.1. The number of ether oxygens (including phenoxy) is 1. The molecule has 2 amide bonds. The number of rotatable bonds is 5. The zero-order chi connectivity index (χ0) is 17.6. The number of anilines is 1. The fourth-order valence-electron chi connectivity index (χ4n) is 2.55. The fraction of sp³-hybridized carbons (Fsp3) is 0.562. The molecule has 0 radical (unpaired) electrons. The van der Waals surface area contributed by atoms with Crippen LogP contribution in [0.4, 0.5) is 23.7 Å². The average molecular weight is 345 g/mol. The maximum absolute atomic E-state index is 12.6. The van der Waals surface area contributed by atoms with Crippen LogP contribution in [-0.4, -0.2) is 57.4 Å². The van der Waals surface area contributed by atoms with Crippen LogP contribution in [0.1, 0.15) is 12.0 Å². The summed E-state index contributed by atoms with van der Waals surface area (Å²) in [5.74, 6) is 0. The highest BCUT2D eigenvalue weighted by molar-refractivity contribution is 5.74. The highest BCUT2D eigenvalue weighted by Gasteiger charge is 2.30. The smallest absolute Gasteiger partial charge is 0.385 e. The Labute approximate surface area is 139 Å². The molecule has 134 valence electrons. The van der Waals surface area contributed by atoms with E-state index < -0.39 is 11.7 Å². The Morgan fingerprint density at radius 3 is 2.33 bits per heavy atom. The van der Waals surface area contributed by atoms with Gasteiger partial charge in [-0.15, -0.1) is 0 Å². The van der Waals surface area contributed by atoms with Crippen LogP contribution >= 0.6 is 0 Å². The molecule has 1 N–H and O–H groups in total. The standard InChI is InChI=1S/C16H22F3N3O2/c1-24-12-2-7-20-15(23)22-10-8-21(9-11-22)14-5-3-13(4-6-14)16(17,18)19/h3-6H,2,7-12H2,1H3,(H,20,23). The van der Waals surface area contributed by atoms with Gasteiger partial charge in [0.05, 0.1) is 5.56 Å². The number of methoxy groups -OCH3 is 1. The Kier molecular flexibility index (Phi) is 6.30. The Hall–Kier alpha value is -1.96. The topological polar surface area (TPSA) is 44.8 Å². The molecule has 1 heterocycles. The third-order valence-electron chi connectivity index (χ3n) is 3.93. The quantitative estimate of drug-likeness (QED) is 0.835. The molecule has 1 aliphatic rings. The first kappa shape index (κ1) is 18.4. The largest absolute Gasteiger partial charge is 0.416 e. The minimum Gasteiger partial charge on any atom is -0.385 e. The molecule has 0 bridgehead atoms. The van der Waals surface area contributed by atoms with Gasteiger partial charge in [-0.2, -0.15) is 13.2 Å². The van der Waals surface area contributed by atoms with E-state index in [-0.39, 0.29) is 6.03 Å². The average Bonchev–Trinajstić information content (AvgIpc) is 2.58. The number of carbonyl (C=O) groups is 1. The molecular formula is C16H22F3N3O2. The van der Waals surface area contributed by atoms with Crippen LogP contribution in [0, 0.1) is 0 Å². The third-order valence-corrected chi connectivity index (χ3v) is 3.93. The zero-order valence-corrected chi connectivity index (χ0v) is 13.6. The highest BCUT2D eigenvalue weighted by atomic mass is 19.4. The van der Waals surface area contributed by atoms with Crippen LogP contribution in [0.25, 0.3) is 0 Å². The Bertz CT molecular complexity index is 526. The van der Waals surface area contributed by atoms with Crippen LogP contribution in [0.5, 0.6) is 0 Å². The van der Waals surface area contributed by atoms with E-state index in [2.05, 4.69) is 5.32 Å². The summed E-state index contributed by atoms with van der Waals surface area (Å²) in [4.78, 5) is 15.7. The second kappa shape index (κ2) is 8.23. The predicted molar refractivity (Wildman–Crippen MR) is 85.1 cm³/mol. The first-order valence-electron chi connectivity index (χ1n) is 7.86. The number of piperazine rings is 1. The molecule has 0 saturated carbocycles. The van der Waals surface area contributed by atoms with Gasteiger partial charge in [0.15, 0.2) is 0 Å². The first-order chi connectivity index (χ1) is 11.4. The second-order valence-corrected chi connectivity index (χ2v) is 5.60. The summed E-state index contributed by atoms with van der Waals surface area (Å²) in [6.07, 6.45) is -3.56. The normalized spacial score (nSPS) is 15.5. The van der Waals surface area contributed by atoms with Crippen LogP contribution in [0.15, 0.2) is 24.3 Å². The fourth-order valence-corrected chi connectivity index (χ4v) is 2.55. The number of benzene rings is 1. The van der Waals surface area contributed by atoms with Gasteiger partial charge in [-0.05, 0) is 30.7 Å². The molecule has 1 aromatic rings. The number of hydrogen-bond acceptors (Lipinski definition) is 3. The summed E-state index contributed by atoms with van der Waals surface area (Å²) in [5.41, 5.74) is 0.0866. The zero-order valence-electron chi connectivity index (χ0n) is 13.6. The van der Waals surface area contributed by atoms with Crippen LogP contribution in [-0.2, 0) is 10.9 Å². The molecule has 1 saturated heterocycles. The van der Waals surface area contributed by atoms with Gasteiger partial charge in [-0.3, -0.25) is 0 Å². The van der Waals surface area contributed by atoms with E-state index in [9.17, 15) is 18.0 Å². The molecule has 0 aromatic heterocycles. The number of carbonyl (C=O) groups excluding carboxylic acids is 1. The van der Waals surface area contributed by atoms with Gasteiger partial charge >= 0.3 is 12.2 Å². The minimum atomic E-state index is -4.32. The Morgan fingerprint density at radius 1 is 1.17 bits per heavy atom. The number of nitrogens with zero attached hydrogens (tertiary/aromatic N) is 2. The molecule has 1 aromatic carbocycles. The highest BCUT2D eigenvalue weighted by Crippen LogP contribution is 2.30. The Balaban J connectivity index is 1.81. The number of hydrogen-bond donors (Lipinski definition) is 1. The van der Waals surface area contributed by atoms with E-state index in [1.165, 1.54) is 12.1 Å². The molecule has 0 atom stereocenters. The number of alkyl halides is 3. The van der Waals surface area contributed by atoms with Crippen molar-refractivity contribution in [2.75, 3.05) is 51.3 Å². The van der Waals surface area contributed by atoms with Crippen LogP contribution in [0.2, 0.25) is 0 Å². The van der Waals surface area contributed by atoms with E-state index >= 15 is 0 Å². The maximum Gasteiger partial charge on any atom is 0.416 e. The van der Waals surface area contributed by atoms with Crippen molar-refractivity contribution < 1.29 is 22.7 Å². The maximum atomic E-state index is 12.6. The molecule has 24 heavy (non-hydrogen) atoms. The van der Waals surface area contributed by atoms with E-state index in [1.54, 1.807) is 12.0 Å². The summed E-state index contributed by atoms with van der Waals surface area (Å²) < 4.78 is 42.7. The third kappa shape index (κ3) is 5.02. The molecule has 5 nitrogen and oxygen atoms in total. The summed E-state index contributed by atoms with van der Waals surface area (Å²) in [5, 5.41) is 2.83. The van der Waals surface area contributed by atoms with Gasteiger partial charge < -0.3 is 19.9 Å². The van der Waals surface area contributed by atoms with Gasteiger partial charge in [0, 0.05) is 52.1 Å². The van der Waals surface area contributed by atoms with E-state index in [0.29, 0.717) is 39.3 Å². The van der Waals surface area contributed by atoms with Crippen molar-refractivity contribution in [2.24, 2.45) is 0 Å². The van der Waals surface area contributed by atoms with Gasteiger partial charge in [0.2, 0.25) is 0 Å². The predicted octanol–water partition coefficient (Wildman–Crippen LogP) is 2.57. The van der Waals surface area contributed by atoms with Crippen molar-refractivity contribution >= 4 is 11.7 Å². The van der Waals surface area contributed by atoms with Gasteiger partial charge in [-0.25, -0.2) is 4.79 Å². The van der Waals surface area contributed by atoms with E-state index in [4.69, 9.17) is 4.74 Å². The first-order valence-corrected chi connectivity index (χ1v) is 7.86. The molecule has 0 spiro atoms.